The Morgan fingerprint density at radius 3 is 2.69 bits per heavy atom. The third kappa shape index (κ3) is 7.34. The van der Waals surface area contributed by atoms with E-state index in [0.29, 0.717) is 51.3 Å². The molecule has 0 saturated carbocycles. The van der Waals surface area contributed by atoms with Crippen LogP contribution in [0.15, 0.2) is 75.5 Å². The van der Waals surface area contributed by atoms with E-state index < -0.39 is 6.04 Å². The van der Waals surface area contributed by atoms with Crippen LogP contribution in [0.1, 0.15) is 61.4 Å². The summed E-state index contributed by atoms with van der Waals surface area (Å²) in [5.41, 5.74) is 5.85. The summed E-state index contributed by atoms with van der Waals surface area (Å²) in [6.45, 7) is 8.66. The zero-order valence-corrected chi connectivity index (χ0v) is 29.2. The second-order valence-electron chi connectivity index (χ2n) is 10.9. The summed E-state index contributed by atoms with van der Waals surface area (Å²) in [5, 5.41) is 12.6. The normalized spacial score (nSPS) is 14.2. The number of rotatable bonds is 12. The van der Waals surface area contributed by atoms with Crippen LogP contribution < -0.4 is 20.1 Å². The maximum atomic E-state index is 14.1. The van der Waals surface area contributed by atoms with Crippen LogP contribution in [0.4, 0.5) is 11.6 Å². The van der Waals surface area contributed by atoms with Gasteiger partial charge in [0.25, 0.3) is 5.91 Å². The highest BCUT2D eigenvalue weighted by atomic mass is 79.9. The highest BCUT2D eigenvalue weighted by molar-refractivity contribution is 9.10. The van der Waals surface area contributed by atoms with Gasteiger partial charge in [0.05, 0.1) is 23.8 Å². The lowest BCUT2D eigenvalue weighted by molar-refractivity contribution is -0.113. The summed E-state index contributed by atoms with van der Waals surface area (Å²) in [7, 11) is 1.62. The zero-order valence-electron chi connectivity index (χ0n) is 26.0. The molecule has 1 amide bonds. The van der Waals surface area contributed by atoms with Crippen molar-refractivity contribution in [2.45, 2.75) is 63.9 Å². The molecule has 8 nitrogen and oxygen atoms in total. The van der Waals surface area contributed by atoms with Gasteiger partial charge in [0.1, 0.15) is 6.04 Å². The number of nitrogens with zero attached hydrogens (tertiary/aromatic N) is 3. The summed E-state index contributed by atoms with van der Waals surface area (Å²) in [4.78, 5) is 18.9. The van der Waals surface area contributed by atoms with Crippen LogP contribution in [-0.2, 0) is 10.5 Å². The first kappa shape index (κ1) is 32.9. The zero-order chi connectivity index (χ0) is 32.1. The van der Waals surface area contributed by atoms with E-state index >= 15 is 0 Å². The van der Waals surface area contributed by atoms with Crippen molar-refractivity contribution in [1.29, 1.82) is 0 Å². The van der Waals surface area contributed by atoms with E-state index in [9.17, 15) is 4.79 Å². The molecule has 1 unspecified atom stereocenters. The summed E-state index contributed by atoms with van der Waals surface area (Å²) in [6, 6.07) is 16.9. The number of carbonyl (C=O) groups is 1. The van der Waals surface area contributed by atoms with E-state index in [0.717, 1.165) is 51.7 Å². The molecule has 3 aromatic carbocycles. The number of aryl methyl sites for hydroxylation is 1. The fourth-order valence-corrected chi connectivity index (χ4v) is 6.88. The van der Waals surface area contributed by atoms with Crippen molar-refractivity contribution in [3.63, 3.8) is 0 Å². The summed E-state index contributed by atoms with van der Waals surface area (Å²) in [6.07, 6.45) is 3.14. The highest BCUT2D eigenvalue weighted by Gasteiger charge is 2.35. The van der Waals surface area contributed by atoms with Gasteiger partial charge in [-0.2, -0.15) is 4.98 Å². The molecular formula is C34H37BrClN5O3S. The van der Waals surface area contributed by atoms with Gasteiger partial charge < -0.3 is 20.1 Å². The van der Waals surface area contributed by atoms with Crippen molar-refractivity contribution in [2.24, 2.45) is 0 Å². The van der Waals surface area contributed by atoms with E-state index in [1.54, 1.807) is 11.8 Å². The van der Waals surface area contributed by atoms with Crippen molar-refractivity contribution in [3.05, 3.63) is 97.6 Å². The second kappa shape index (κ2) is 14.7. The molecule has 1 atom stereocenters. The Hall–Kier alpha value is -3.47. The maximum Gasteiger partial charge on any atom is 0.255 e. The highest BCUT2D eigenvalue weighted by Crippen LogP contribution is 2.43. The molecule has 1 aromatic heterocycles. The number of thioether (sulfide) groups is 1. The Balaban J connectivity index is 1.55. The average molecular weight is 711 g/mol. The van der Waals surface area contributed by atoms with E-state index in [-0.39, 0.29) is 5.91 Å². The SMILES string of the molecule is CCCCCOc1c(Br)cc(C2C(C(=O)Nc3cccc(C)c3C)=C(C)Nc3nc(SCc4ccccc4Cl)nn32)cc1OC. The number of fused-ring (bicyclic) bond motifs is 1. The first-order valence-corrected chi connectivity index (χ1v) is 17.1. The minimum Gasteiger partial charge on any atom is -0.493 e. The average Bonchev–Trinajstić information content (AvgIpc) is 3.43. The Morgan fingerprint density at radius 2 is 1.93 bits per heavy atom. The van der Waals surface area contributed by atoms with Gasteiger partial charge >= 0.3 is 0 Å². The van der Waals surface area contributed by atoms with Gasteiger partial charge in [0, 0.05) is 22.2 Å². The number of halogens is 2. The Bertz CT molecular complexity index is 1740. The predicted molar refractivity (Wildman–Crippen MR) is 186 cm³/mol. The number of hydrogen-bond donors (Lipinski definition) is 2. The van der Waals surface area contributed by atoms with Crippen LogP contribution in [-0.4, -0.2) is 34.4 Å². The maximum absolute atomic E-state index is 14.1. The van der Waals surface area contributed by atoms with Gasteiger partial charge in [-0.25, -0.2) is 4.68 Å². The number of nitrogens with one attached hydrogen (secondary N) is 2. The molecule has 4 aromatic rings. The molecule has 0 spiro atoms. The first-order chi connectivity index (χ1) is 21.7. The first-order valence-electron chi connectivity index (χ1n) is 14.9. The monoisotopic (exact) mass is 709 g/mol. The van der Waals surface area contributed by atoms with Gasteiger partial charge in [-0.1, -0.05) is 73.5 Å². The van der Waals surface area contributed by atoms with Crippen LogP contribution in [0.2, 0.25) is 5.02 Å². The van der Waals surface area contributed by atoms with Gasteiger partial charge in [-0.3, -0.25) is 4.79 Å². The second-order valence-corrected chi connectivity index (χ2v) is 13.1. The molecule has 45 heavy (non-hydrogen) atoms. The molecular weight excluding hydrogens is 674 g/mol. The summed E-state index contributed by atoms with van der Waals surface area (Å²) in [5.74, 6) is 2.10. The van der Waals surface area contributed by atoms with Crippen LogP contribution >= 0.6 is 39.3 Å². The van der Waals surface area contributed by atoms with E-state index in [1.807, 2.05) is 75.4 Å². The molecule has 11 heteroatoms. The van der Waals surface area contributed by atoms with E-state index in [2.05, 4.69) is 33.5 Å². The number of carbonyl (C=O) groups excluding carboxylic acids is 1. The number of ether oxygens (including phenoxy) is 2. The molecule has 0 fully saturated rings. The smallest absolute Gasteiger partial charge is 0.255 e. The fraction of sp³-hybridized carbons (Fsp3) is 0.324. The molecule has 2 heterocycles. The van der Waals surface area contributed by atoms with Gasteiger partial charge in [-0.15, -0.1) is 5.10 Å². The third-order valence-electron chi connectivity index (χ3n) is 7.81. The number of anilines is 2. The van der Waals surface area contributed by atoms with Crippen LogP contribution in [0.25, 0.3) is 0 Å². The van der Waals surface area contributed by atoms with Crippen molar-refractivity contribution in [2.75, 3.05) is 24.4 Å². The lowest BCUT2D eigenvalue weighted by Crippen LogP contribution is -2.31. The van der Waals surface area contributed by atoms with Gasteiger partial charge in [0.2, 0.25) is 11.1 Å². The predicted octanol–water partition coefficient (Wildman–Crippen LogP) is 9.11. The largest absolute Gasteiger partial charge is 0.493 e. The lowest BCUT2D eigenvalue weighted by atomic mass is 9.94. The number of benzene rings is 3. The van der Waals surface area contributed by atoms with E-state index in [4.69, 9.17) is 31.2 Å². The van der Waals surface area contributed by atoms with Crippen molar-refractivity contribution >= 4 is 56.8 Å². The van der Waals surface area contributed by atoms with Gasteiger partial charge in [0.15, 0.2) is 11.5 Å². The minimum absolute atomic E-state index is 0.236. The molecule has 5 rings (SSSR count). The number of unbranched alkanes of at least 4 members (excludes halogenated alkanes) is 2. The lowest BCUT2D eigenvalue weighted by Gasteiger charge is -2.29. The molecule has 0 saturated heterocycles. The fourth-order valence-electron chi connectivity index (χ4n) is 5.19. The molecule has 236 valence electrons. The molecule has 0 aliphatic carbocycles. The third-order valence-corrected chi connectivity index (χ3v) is 9.65. The summed E-state index contributed by atoms with van der Waals surface area (Å²) >= 11 is 11.6. The van der Waals surface area contributed by atoms with Crippen molar-refractivity contribution < 1.29 is 14.3 Å². The molecule has 0 bridgehead atoms. The number of methoxy groups -OCH3 is 1. The number of amides is 1. The Labute approximate surface area is 282 Å². The molecule has 1 aliphatic rings. The van der Waals surface area contributed by atoms with Crippen LogP contribution in [0.5, 0.6) is 11.5 Å². The molecule has 1 aliphatic heterocycles. The van der Waals surface area contributed by atoms with Crippen LogP contribution in [0.3, 0.4) is 0 Å². The van der Waals surface area contributed by atoms with Crippen molar-refractivity contribution in [3.8, 4) is 11.5 Å². The minimum atomic E-state index is -0.604. The van der Waals surface area contributed by atoms with Crippen molar-refractivity contribution in [1.82, 2.24) is 14.8 Å². The molecule has 2 N–H and O–H groups in total. The number of aromatic nitrogens is 3. The molecule has 0 radical (unpaired) electrons. The van der Waals surface area contributed by atoms with Crippen LogP contribution in [0, 0.1) is 13.8 Å². The standard InChI is InChI=1S/C34H37BrClN5O3S/c1-6-7-10-16-44-31-25(35)17-24(18-28(31)43-5)30-29(32(42)38-27-15-11-12-20(2)21(27)3)22(4)37-33-39-34(40-41(30)33)45-19-23-13-8-9-14-26(23)36/h8-9,11-15,17-18,30H,6-7,10,16,19H2,1-5H3,(H,38,42)(H,37,39,40). The van der Waals surface area contributed by atoms with E-state index in [1.165, 1.54) is 11.8 Å². The quantitative estimate of drug-likeness (QED) is 0.112. The topological polar surface area (TPSA) is 90.3 Å². The Morgan fingerprint density at radius 1 is 1.13 bits per heavy atom. The Kier molecular flexibility index (Phi) is 10.8. The number of allylic oxidation sites excluding steroid dienone is 1. The number of hydrogen-bond acceptors (Lipinski definition) is 7. The summed E-state index contributed by atoms with van der Waals surface area (Å²) < 4.78 is 14.4. The van der Waals surface area contributed by atoms with Gasteiger partial charge in [-0.05, 0) is 89.6 Å².